The number of aromatic carboxylic acids is 1. The number of carboxylic acid groups (broad SMARTS) is 1. The molecule has 0 aliphatic carbocycles. The fourth-order valence-electron chi connectivity index (χ4n) is 3.98. The molecule has 0 bridgehead atoms. The number of carbonyl (C=O) groups excluding carboxylic acids is 1. The Kier molecular flexibility index (Phi) is 6.07. The first-order valence-corrected chi connectivity index (χ1v) is 10.4. The molecule has 6 nitrogen and oxygen atoms in total. The van der Waals surface area contributed by atoms with Crippen LogP contribution in [0.25, 0.3) is 0 Å². The zero-order valence-electron chi connectivity index (χ0n) is 17.7. The van der Waals surface area contributed by atoms with Crippen molar-refractivity contribution < 1.29 is 19.1 Å². The molecule has 7 heteroatoms. The van der Waals surface area contributed by atoms with Crippen molar-refractivity contribution in [2.45, 2.75) is 6.92 Å². The van der Waals surface area contributed by atoms with E-state index < -0.39 is 5.97 Å². The van der Waals surface area contributed by atoms with Crippen LogP contribution in [0.2, 0.25) is 0 Å². The highest BCUT2D eigenvalue weighted by atomic mass is 19.1. The van der Waals surface area contributed by atoms with Crippen LogP contribution < -0.4 is 15.1 Å². The summed E-state index contributed by atoms with van der Waals surface area (Å²) in [4.78, 5) is 28.5. The number of para-hydroxylation sites is 1. The number of hydrogen-bond donors (Lipinski definition) is 2. The van der Waals surface area contributed by atoms with E-state index in [1.54, 1.807) is 42.5 Å². The summed E-state index contributed by atoms with van der Waals surface area (Å²) in [6, 6.07) is 18.8. The van der Waals surface area contributed by atoms with Crippen molar-refractivity contribution in [3.8, 4) is 0 Å². The molecule has 4 rings (SSSR count). The smallest absolute Gasteiger partial charge is 0.337 e. The molecule has 0 spiro atoms. The lowest BCUT2D eigenvalue weighted by Gasteiger charge is -2.38. The molecule has 1 aliphatic heterocycles. The number of anilines is 3. The van der Waals surface area contributed by atoms with Gasteiger partial charge in [-0.3, -0.25) is 4.79 Å². The third-order valence-electron chi connectivity index (χ3n) is 5.69. The highest BCUT2D eigenvalue weighted by Gasteiger charge is 2.23. The van der Waals surface area contributed by atoms with E-state index in [1.165, 1.54) is 12.1 Å². The van der Waals surface area contributed by atoms with Crippen molar-refractivity contribution in [1.82, 2.24) is 0 Å². The number of rotatable bonds is 5. The molecule has 32 heavy (non-hydrogen) atoms. The maximum absolute atomic E-state index is 14.1. The van der Waals surface area contributed by atoms with Gasteiger partial charge in [0, 0.05) is 37.4 Å². The summed E-state index contributed by atoms with van der Waals surface area (Å²) < 4.78 is 14.1. The molecule has 164 valence electrons. The summed E-state index contributed by atoms with van der Waals surface area (Å²) in [5.74, 6) is -1.62. The van der Waals surface area contributed by atoms with Crippen molar-refractivity contribution in [3.63, 3.8) is 0 Å². The Morgan fingerprint density at radius 3 is 2.12 bits per heavy atom. The predicted molar refractivity (Wildman–Crippen MR) is 123 cm³/mol. The topological polar surface area (TPSA) is 72.9 Å². The first kappa shape index (κ1) is 21.4. The molecule has 0 aromatic heterocycles. The highest BCUT2D eigenvalue weighted by Crippen LogP contribution is 2.28. The number of benzene rings is 3. The largest absolute Gasteiger partial charge is 0.478 e. The van der Waals surface area contributed by atoms with Crippen LogP contribution in [0.4, 0.5) is 21.5 Å². The van der Waals surface area contributed by atoms with Crippen LogP contribution in [0.5, 0.6) is 0 Å². The maximum atomic E-state index is 14.1. The van der Waals surface area contributed by atoms with Gasteiger partial charge in [-0.15, -0.1) is 0 Å². The summed E-state index contributed by atoms with van der Waals surface area (Å²) >= 11 is 0. The first-order valence-electron chi connectivity index (χ1n) is 10.4. The minimum atomic E-state index is -1.07. The average Bonchev–Trinajstić information content (AvgIpc) is 2.80. The number of nitrogens with zero attached hydrogens (tertiary/aromatic N) is 2. The molecule has 1 amide bonds. The molecule has 3 aromatic carbocycles. The molecule has 1 fully saturated rings. The Labute approximate surface area is 185 Å². The molecule has 0 radical (unpaired) electrons. The van der Waals surface area contributed by atoms with E-state index in [-0.39, 0.29) is 17.3 Å². The number of nitrogens with one attached hydrogen (secondary N) is 1. The molecule has 2 N–H and O–H groups in total. The van der Waals surface area contributed by atoms with Crippen LogP contribution in [-0.2, 0) is 0 Å². The van der Waals surface area contributed by atoms with Crippen LogP contribution in [0, 0.1) is 12.7 Å². The second kappa shape index (κ2) is 9.09. The quantitative estimate of drug-likeness (QED) is 0.624. The van der Waals surface area contributed by atoms with E-state index in [0.717, 1.165) is 5.56 Å². The van der Waals surface area contributed by atoms with Gasteiger partial charge >= 0.3 is 5.97 Å². The fourth-order valence-corrected chi connectivity index (χ4v) is 3.98. The zero-order chi connectivity index (χ0) is 22.7. The molecular weight excluding hydrogens is 409 g/mol. The van der Waals surface area contributed by atoms with Gasteiger partial charge in [-0.2, -0.15) is 0 Å². The van der Waals surface area contributed by atoms with Gasteiger partial charge in [0.05, 0.1) is 16.9 Å². The van der Waals surface area contributed by atoms with E-state index in [1.807, 2.05) is 28.9 Å². The SMILES string of the molecule is Cc1ccccc1C(=O)Nc1ccc(N2CCN(c3ccccc3F)CC2)c(C(=O)O)c1. The van der Waals surface area contributed by atoms with Crippen molar-refractivity contribution in [2.75, 3.05) is 41.3 Å². The number of carboxylic acids is 1. The average molecular weight is 433 g/mol. The third-order valence-corrected chi connectivity index (χ3v) is 5.69. The Morgan fingerprint density at radius 2 is 1.47 bits per heavy atom. The summed E-state index contributed by atoms with van der Waals surface area (Å²) in [5.41, 5.74) is 3.06. The minimum Gasteiger partial charge on any atom is -0.478 e. The molecule has 1 saturated heterocycles. The number of hydrogen-bond acceptors (Lipinski definition) is 4. The van der Waals surface area contributed by atoms with E-state index in [2.05, 4.69) is 5.32 Å². The highest BCUT2D eigenvalue weighted by molar-refractivity contribution is 6.06. The second-order valence-corrected chi connectivity index (χ2v) is 7.73. The number of halogens is 1. The number of aryl methyl sites for hydroxylation is 1. The third kappa shape index (κ3) is 4.42. The van der Waals surface area contributed by atoms with Crippen molar-refractivity contribution in [3.05, 3.63) is 89.2 Å². The van der Waals surface area contributed by atoms with Crippen LogP contribution in [0.1, 0.15) is 26.3 Å². The lowest BCUT2D eigenvalue weighted by Crippen LogP contribution is -2.47. The van der Waals surface area contributed by atoms with E-state index >= 15 is 0 Å². The standard InChI is InChI=1S/C25H24FN3O3/c1-17-6-2-3-7-19(17)24(30)27-18-10-11-22(20(16-18)25(31)32)28-12-14-29(15-13-28)23-9-5-4-8-21(23)26/h2-11,16H,12-15H2,1H3,(H,27,30)(H,31,32). The number of amides is 1. The molecule has 3 aromatic rings. The minimum absolute atomic E-state index is 0.118. The molecule has 0 unspecified atom stereocenters. The van der Waals surface area contributed by atoms with Gasteiger partial charge in [0.15, 0.2) is 0 Å². The predicted octanol–water partition coefficient (Wildman–Crippen LogP) is 4.41. The first-order chi connectivity index (χ1) is 15.4. The van der Waals surface area contributed by atoms with Gasteiger partial charge in [-0.25, -0.2) is 9.18 Å². The Morgan fingerprint density at radius 1 is 0.844 bits per heavy atom. The second-order valence-electron chi connectivity index (χ2n) is 7.73. The summed E-state index contributed by atoms with van der Waals surface area (Å²) in [5, 5.41) is 12.6. The van der Waals surface area contributed by atoms with Gasteiger partial charge in [0.2, 0.25) is 0 Å². The molecule has 0 saturated carbocycles. The van der Waals surface area contributed by atoms with Crippen LogP contribution in [0.3, 0.4) is 0 Å². The van der Waals surface area contributed by atoms with Crippen molar-refractivity contribution in [2.24, 2.45) is 0 Å². The molecule has 1 heterocycles. The van der Waals surface area contributed by atoms with Gasteiger partial charge in [-0.05, 0) is 48.9 Å². The van der Waals surface area contributed by atoms with Crippen molar-refractivity contribution >= 4 is 28.9 Å². The van der Waals surface area contributed by atoms with E-state index in [0.29, 0.717) is 48.8 Å². The van der Waals surface area contributed by atoms with Crippen LogP contribution >= 0.6 is 0 Å². The van der Waals surface area contributed by atoms with Gasteiger partial charge in [0.25, 0.3) is 5.91 Å². The number of carbonyl (C=O) groups is 2. The molecular formula is C25H24FN3O3. The Hall–Kier alpha value is -3.87. The van der Waals surface area contributed by atoms with Crippen LogP contribution in [0.15, 0.2) is 66.7 Å². The van der Waals surface area contributed by atoms with E-state index in [4.69, 9.17) is 0 Å². The molecule has 0 atom stereocenters. The Bertz CT molecular complexity index is 1160. The monoisotopic (exact) mass is 433 g/mol. The van der Waals surface area contributed by atoms with E-state index in [9.17, 15) is 19.1 Å². The lowest BCUT2D eigenvalue weighted by atomic mass is 10.1. The van der Waals surface area contributed by atoms with Gasteiger partial charge in [0.1, 0.15) is 5.82 Å². The normalized spacial score (nSPS) is 13.7. The van der Waals surface area contributed by atoms with Gasteiger partial charge < -0.3 is 20.2 Å². The van der Waals surface area contributed by atoms with Crippen molar-refractivity contribution in [1.29, 1.82) is 0 Å². The summed E-state index contributed by atoms with van der Waals surface area (Å²) in [6.45, 7) is 4.12. The maximum Gasteiger partial charge on any atom is 0.337 e. The molecule has 1 aliphatic rings. The lowest BCUT2D eigenvalue weighted by molar-refractivity contribution is 0.0697. The summed E-state index contributed by atoms with van der Waals surface area (Å²) in [6.07, 6.45) is 0. The van der Waals surface area contributed by atoms with Gasteiger partial charge in [-0.1, -0.05) is 30.3 Å². The van der Waals surface area contributed by atoms with Crippen LogP contribution in [-0.4, -0.2) is 43.2 Å². The summed E-state index contributed by atoms with van der Waals surface area (Å²) in [7, 11) is 0. The fraction of sp³-hybridized carbons (Fsp3) is 0.200. The Balaban J connectivity index is 1.50. The zero-order valence-corrected chi connectivity index (χ0v) is 17.7. The number of piperazine rings is 1.